The number of aliphatic carboxylic acids is 2. The molecule has 26 nitrogen and oxygen atoms in total. The second kappa shape index (κ2) is 31.8. The van der Waals surface area contributed by atoms with E-state index < -0.39 is 127 Å². The molecule has 1 aliphatic rings. The molecule has 1 saturated heterocycles. The Hall–Kier alpha value is -7.61. The lowest BCUT2D eigenvalue weighted by Gasteiger charge is -2.28. The van der Waals surface area contributed by atoms with Gasteiger partial charge in [0, 0.05) is 32.5 Å². The Bertz CT molecular complexity index is 2220. The minimum atomic E-state index is -1.96. The minimum Gasteiger partial charge on any atom is -0.480 e. The molecule has 0 aromatic heterocycles. The SMILES string of the molecule is CO[C@@H](Cc1ccccc1)[C@@H](C)/C=C(C)/C=C/[C@@H]1NC(=O)[C@H](CCCN=C(N)N)NC(=O)[C@@H](C)[C@H](C(=O)O)NC(=O)[C@H](CCCN=C(N)N)NC(=O)[C@@H](C)NC(=O)[C@H](CO)NC(=O)CC[C@H](C(=O)O)NC(=O)[C@H]1C. The number of aliphatic hydroxyl groups excluding tert-OH is 1. The molecule has 0 unspecified atom stereocenters. The number of aliphatic imine (C=N–C) groups is 2. The zero-order valence-electron chi connectivity index (χ0n) is 42.7. The van der Waals surface area contributed by atoms with E-state index in [0.29, 0.717) is 12.0 Å². The molecule has 1 aromatic carbocycles. The van der Waals surface area contributed by atoms with Crippen molar-refractivity contribution in [1.29, 1.82) is 0 Å². The van der Waals surface area contributed by atoms with E-state index >= 15 is 0 Å². The molecule has 0 radical (unpaired) electrons. The molecule has 0 aliphatic carbocycles. The minimum absolute atomic E-state index is 0.00372. The van der Waals surface area contributed by atoms with Crippen LogP contribution < -0.4 is 60.2 Å². The number of carbonyl (C=O) groups is 9. The first-order chi connectivity index (χ1) is 34.9. The fourth-order valence-corrected chi connectivity index (χ4v) is 7.56. The molecule has 0 spiro atoms. The molecule has 0 saturated carbocycles. The molecule has 18 N–H and O–H groups in total. The molecule has 2 rings (SSSR count). The maximum absolute atomic E-state index is 14.4. The van der Waals surface area contributed by atoms with Crippen LogP contribution in [-0.4, -0.2) is 156 Å². The van der Waals surface area contributed by atoms with E-state index in [9.17, 15) is 58.5 Å². The number of nitrogens with one attached hydrogen (secondary N) is 7. The lowest BCUT2D eigenvalue weighted by atomic mass is 9.94. The summed E-state index contributed by atoms with van der Waals surface area (Å²) in [6, 6.07) is -1.20. The van der Waals surface area contributed by atoms with E-state index in [4.69, 9.17) is 27.7 Å². The highest BCUT2D eigenvalue weighted by atomic mass is 16.5. The number of carbonyl (C=O) groups excluding carboxylic acids is 7. The van der Waals surface area contributed by atoms with E-state index in [-0.39, 0.29) is 62.7 Å². The van der Waals surface area contributed by atoms with E-state index in [1.807, 2.05) is 43.3 Å². The van der Waals surface area contributed by atoms with Crippen molar-refractivity contribution in [3.05, 3.63) is 59.7 Å². The predicted octanol–water partition coefficient (Wildman–Crippen LogP) is -2.87. The normalized spacial score (nSPS) is 25.4. The highest BCUT2D eigenvalue weighted by molar-refractivity contribution is 5.97. The summed E-state index contributed by atoms with van der Waals surface area (Å²) in [5.41, 5.74) is 23.6. The quantitative estimate of drug-likeness (QED) is 0.0304. The van der Waals surface area contributed by atoms with Crippen LogP contribution in [0.3, 0.4) is 0 Å². The van der Waals surface area contributed by atoms with Crippen LogP contribution in [-0.2, 0) is 54.3 Å². The first-order valence-corrected chi connectivity index (χ1v) is 24.1. The highest BCUT2D eigenvalue weighted by Gasteiger charge is 2.37. The van der Waals surface area contributed by atoms with Crippen molar-refractivity contribution < 1.29 is 63.2 Å². The number of hydrogen-bond acceptors (Lipinski definition) is 13. The Morgan fingerprint density at radius 3 is 1.78 bits per heavy atom. The Balaban J connectivity index is 2.73. The smallest absolute Gasteiger partial charge is 0.327 e. The molecule has 1 aromatic rings. The van der Waals surface area contributed by atoms with Gasteiger partial charge in [-0.2, -0.15) is 0 Å². The van der Waals surface area contributed by atoms with Gasteiger partial charge in [0.15, 0.2) is 11.9 Å². The highest BCUT2D eigenvalue weighted by Crippen LogP contribution is 2.18. The number of methoxy groups -OCH3 is 1. The summed E-state index contributed by atoms with van der Waals surface area (Å²) in [4.78, 5) is 129. The van der Waals surface area contributed by atoms with E-state index in [2.05, 4.69) is 47.2 Å². The number of hydrogen-bond donors (Lipinski definition) is 14. The van der Waals surface area contributed by atoms with Gasteiger partial charge < -0.3 is 80.2 Å². The van der Waals surface area contributed by atoms with Gasteiger partial charge in [-0.3, -0.25) is 43.5 Å². The van der Waals surface area contributed by atoms with Crippen LogP contribution in [0.1, 0.15) is 78.7 Å². The van der Waals surface area contributed by atoms with Crippen molar-refractivity contribution in [3.8, 4) is 0 Å². The Kier molecular flexibility index (Phi) is 26.8. The predicted molar refractivity (Wildman–Crippen MR) is 272 cm³/mol. The first-order valence-electron chi connectivity index (χ1n) is 24.1. The second-order valence-corrected chi connectivity index (χ2v) is 18.0. The fraction of sp³-hybridized carbons (Fsp3) is 0.562. The summed E-state index contributed by atoms with van der Waals surface area (Å²) in [6.07, 6.45) is 4.17. The summed E-state index contributed by atoms with van der Waals surface area (Å²) in [5, 5.41) is 47.4. The average Bonchev–Trinajstić information content (AvgIpc) is 3.34. The third kappa shape index (κ3) is 22.0. The number of guanidine groups is 2. The van der Waals surface area contributed by atoms with Crippen molar-refractivity contribution in [2.75, 3.05) is 26.8 Å². The third-order valence-corrected chi connectivity index (χ3v) is 12.0. The molecule has 7 amide bonds. The standard InChI is InChI=1S/C48H75N13O13/c1-25(22-26(2)36(74-6)23-30-12-8-7-9-13-30)16-17-31-27(3)39(64)60-34(45(70)71)18-19-37(63)56-35(24-62)44(69)55-29(5)41(66)59-33(15-11-21-54-48(51)52)43(68)61-38(46(72)73)28(4)40(65)58-32(42(67)57-31)14-10-20-53-47(49)50/h7-9,12-13,16-17,22,26-29,31-36,38,62H,10-11,14-15,18-21,23-24H2,1-6H3,(H,55,69)(H,56,63)(H,57,67)(H,58,65)(H,59,66)(H,60,64)(H,61,68)(H,70,71)(H,72,73)(H4,49,50,53)(H4,51,52,54)/b17-16+,25-22+/t26-,27-,28-,29+,31-,32-,33-,34+,35-,36-,38+/m0/s1. The lowest BCUT2D eigenvalue weighted by Crippen LogP contribution is -2.59. The summed E-state index contributed by atoms with van der Waals surface area (Å²) in [6.45, 7) is 6.54. The number of ether oxygens (including phenoxy) is 1. The molecule has 11 atom stereocenters. The zero-order chi connectivity index (χ0) is 55.7. The van der Waals surface area contributed by atoms with Crippen molar-refractivity contribution in [3.63, 3.8) is 0 Å². The number of rotatable bonds is 18. The van der Waals surface area contributed by atoms with Crippen LogP contribution in [0.4, 0.5) is 0 Å². The third-order valence-electron chi connectivity index (χ3n) is 12.0. The van der Waals surface area contributed by atoms with Gasteiger partial charge in [0.25, 0.3) is 0 Å². The van der Waals surface area contributed by atoms with Gasteiger partial charge in [0.2, 0.25) is 41.4 Å². The Labute approximate surface area is 429 Å². The largest absolute Gasteiger partial charge is 0.480 e. The number of carboxylic acid groups (broad SMARTS) is 2. The van der Waals surface area contributed by atoms with E-state index in [1.165, 1.54) is 26.8 Å². The summed E-state index contributed by atoms with van der Waals surface area (Å²) < 4.78 is 5.80. The van der Waals surface area contributed by atoms with Gasteiger partial charge in [0.05, 0.1) is 30.6 Å². The number of benzene rings is 1. The van der Waals surface area contributed by atoms with Crippen LogP contribution in [0.25, 0.3) is 0 Å². The van der Waals surface area contributed by atoms with Crippen molar-refractivity contribution >= 4 is 65.2 Å². The molecular formula is C48H75N13O13. The van der Waals surface area contributed by atoms with Gasteiger partial charge >= 0.3 is 11.9 Å². The van der Waals surface area contributed by atoms with Crippen LogP contribution in [0, 0.1) is 17.8 Å². The monoisotopic (exact) mass is 1040 g/mol. The Morgan fingerprint density at radius 1 is 0.716 bits per heavy atom. The van der Waals surface area contributed by atoms with Gasteiger partial charge in [-0.05, 0) is 57.9 Å². The van der Waals surface area contributed by atoms with Gasteiger partial charge in [-0.25, -0.2) is 9.59 Å². The molecule has 1 heterocycles. The zero-order valence-corrected chi connectivity index (χ0v) is 42.7. The number of aliphatic hydroxyl groups is 1. The average molecular weight is 1040 g/mol. The molecule has 1 aliphatic heterocycles. The van der Waals surface area contributed by atoms with Crippen LogP contribution in [0.2, 0.25) is 0 Å². The number of nitrogens with two attached hydrogens (primary N) is 4. The summed E-state index contributed by atoms with van der Waals surface area (Å²) in [7, 11) is 1.60. The summed E-state index contributed by atoms with van der Waals surface area (Å²) in [5.74, 6) is -13.5. The van der Waals surface area contributed by atoms with Gasteiger partial charge in [-0.15, -0.1) is 0 Å². The number of allylic oxidation sites excluding steroid dienone is 2. The van der Waals surface area contributed by atoms with Crippen LogP contribution in [0.5, 0.6) is 0 Å². The topological polar surface area (TPSA) is 437 Å². The Morgan fingerprint density at radius 2 is 1.26 bits per heavy atom. The second-order valence-electron chi connectivity index (χ2n) is 18.0. The molecule has 0 bridgehead atoms. The van der Waals surface area contributed by atoms with Crippen molar-refractivity contribution in [2.45, 2.75) is 128 Å². The first kappa shape index (κ1) is 62.5. The molecule has 410 valence electrons. The summed E-state index contributed by atoms with van der Waals surface area (Å²) >= 11 is 0. The van der Waals surface area contributed by atoms with Crippen molar-refractivity contribution in [1.82, 2.24) is 37.2 Å². The van der Waals surface area contributed by atoms with Crippen LogP contribution >= 0.6 is 0 Å². The molecule has 74 heavy (non-hydrogen) atoms. The van der Waals surface area contributed by atoms with E-state index in [0.717, 1.165) is 5.56 Å². The van der Waals surface area contributed by atoms with Gasteiger partial charge in [-0.1, -0.05) is 74.9 Å². The van der Waals surface area contributed by atoms with Crippen molar-refractivity contribution in [2.24, 2.45) is 50.7 Å². The molecule has 1 fully saturated rings. The lowest BCUT2D eigenvalue weighted by molar-refractivity contribution is -0.146. The van der Waals surface area contributed by atoms with Gasteiger partial charge in [0.1, 0.15) is 36.3 Å². The van der Waals surface area contributed by atoms with Crippen LogP contribution in [0.15, 0.2) is 64.1 Å². The maximum atomic E-state index is 14.4. The fourth-order valence-electron chi connectivity index (χ4n) is 7.56. The molecule has 26 heteroatoms. The number of nitrogens with zero attached hydrogens (tertiary/aromatic N) is 2. The number of carboxylic acids is 2. The maximum Gasteiger partial charge on any atom is 0.327 e. The van der Waals surface area contributed by atoms with E-state index in [1.54, 1.807) is 20.1 Å². The molecular weight excluding hydrogens is 967 g/mol. The number of amides is 7.